The Morgan fingerprint density at radius 1 is 1.14 bits per heavy atom. The predicted molar refractivity (Wildman–Crippen MR) is 113 cm³/mol. The van der Waals surface area contributed by atoms with Gasteiger partial charge in [0.15, 0.2) is 5.82 Å². The number of aromatic nitrogens is 3. The van der Waals surface area contributed by atoms with Crippen molar-refractivity contribution in [3.8, 4) is 11.4 Å². The van der Waals surface area contributed by atoms with E-state index in [-0.39, 0.29) is 0 Å². The van der Waals surface area contributed by atoms with Crippen LogP contribution in [0.3, 0.4) is 0 Å². The maximum Gasteiger partial charge on any atom is 0.283 e. The van der Waals surface area contributed by atoms with Crippen molar-refractivity contribution in [2.75, 3.05) is 0 Å². The summed E-state index contributed by atoms with van der Waals surface area (Å²) in [5.74, 6) is 2.89. The summed E-state index contributed by atoms with van der Waals surface area (Å²) in [6.07, 6.45) is 1.31. The SMILES string of the molecule is [C-]#[N+]C(C(O)O)C(CC1C(C)CC(C)CC1C)c1nc(-c2ccc(C)cc2)n[nH]1. The molecular formula is C23H32N4O2. The highest BCUT2D eigenvalue weighted by atomic mass is 16.5. The topological polar surface area (TPSA) is 86.4 Å². The summed E-state index contributed by atoms with van der Waals surface area (Å²) in [4.78, 5) is 8.21. The second-order valence-electron chi connectivity index (χ2n) is 8.98. The Morgan fingerprint density at radius 2 is 1.76 bits per heavy atom. The van der Waals surface area contributed by atoms with Crippen LogP contribution in [0.5, 0.6) is 0 Å². The Hall–Kier alpha value is -2.23. The number of rotatable bonds is 6. The van der Waals surface area contributed by atoms with Gasteiger partial charge in [-0.1, -0.05) is 50.6 Å². The largest absolute Gasteiger partial charge is 0.362 e. The number of H-pyrrole nitrogens is 1. The average molecular weight is 397 g/mol. The quantitative estimate of drug-likeness (QED) is 0.505. The Kier molecular flexibility index (Phi) is 6.71. The van der Waals surface area contributed by atoms with Gasteiger partial charge in [-0.2, -0.15) is 5.10 Å². The molecule has 1 aromatic heterocycles. The lowest BCUT2D eigenvalue weighted by Gasteiger charge is -2.39. The van der Waals surface area contributed by atoms with Gasteiger partial charge >= 0.3 is 0 Å². The molecule has 0 spiro atoms. The van der Waals surface area contributed by atoms with Crippen molar-refractivity contribution in [2.45, 2.75) is 65.2 Å². The molecule has 1 aromatic carbocycles. The molecule has 0 amide bonds. The second-order valence-corrected chi connectivity index (χ2v) is 8.98. The summed E-state index contributed by atoms with van der Waals surface area (Å²) >= 11 is 0. The molecule has 1 aliphatic rings. The molecule has 0 aliphatic heterocycles. The number of aliphatic hydroxyl groups is 2. The van der Waals surface area contributed by atoms with Crippen molar-refractivity contribution in [3.05, 3.63) is 47.1 Å². The van der Waals surface area contributed by atoms with Crippen molar-refractivity contribution in [3.63, 3.8) is 0 Å². The molecule has 4 unspecified atom stereocenters. The number of nitrogens with one attached hydrogen (secondary N) is 1. The van der Waals surface area contributed by atoms with Crippen LogP contribution in [0, 0.1) is 37.2 Å². The van der Waals surface area contributed by atoms with Crippen LogP contribution in [0.4, 0.5) is 0 Å². The van der Waals surface area contributed by atoms with E-state index in [0.29, 0.717) is 41.7 Å². The Morgan fingerprint density at radius 3 is 2.31 bits per heavy atom. The van der Waals surface area contributed by atoms with Crippen molar-refractivity contribution in [1.29, 1.82) is 0 Å². The van der Waals surface area contributed by atoms with Crippen molar-refractivity contribution in [1.82, 2.24) is 15.2 Å². The smallest absolute Gasteiger partial charge is 0.283 e. The molecule has 0 radical (unpaired) electrons. The minimum Gasteiger partial charge on any atom is -0.362 e. The van der Waals surface area contributed by atoms with E-state index in [0.717, 1.165) is 24.0 Å². The minimum atomic E-state index is -1.71. The first-order chi connectivity index (χ1) is 13.8. The van der Waals surface area contributed by atoms with Gasteiger partial charge in [0, 0.05) is 5.56 Å². The molecule has 4 atom stereocenters. The van der Waals surface area contributed by atoms with Crippen LogP contribution in [-0.2, 0) is 0 Å². The van der Waals surface area contributed by atoms with E-state index >= 15 is 0 Å². The zero-order valence-electron chi connectivity index (χ0n) is 17.7. The fourth-order valence-electron chi connectivity index (χ4n) is 5.08. The Balaban J connectivity index is 1.90. The lowest BCUT2D eigenvalue weighted by Crippen LogP contribution is -2.36. The Labute approximate surface area is 173 Å². The molecule has 3 N–H and O–H groups in total. The summed E-state index contributed by atoms with van der Waals surface area (Å²) in [7, 11) is 0. The van der Waals surface area contributed by atoms with Crippen LogP contribution >= 0.6 is 0 Å². The zero-order chi connectivity index (χ0) is 21.1. The molecule has 0 bridgehead atoms. The van der Waals surface area contributed by atoms with E-state index in [1.807, 2.05) is 31.2 Å². The van der Waals surface area contributed by atoms with Crippen LogP contribution in [0.2, 0.25) is 0 Å². The first-order valence-corrected chi connectivity index (χ1v) is 10.5. The lowest BCUT2D eigenvalue weighted by atomic mass is 9.66. The third-order valence-electron chi connectivity index (χ3n) is 6.57. The fraction of sp³-hybridized carbons (Fsp3) is 0.609. The highest BCUT2D eigenvalue weighted by molar-refractivity contribution is 5.54. The molecule has 1 saturated carbocycles. The van der Waals surface area contributed by atoms with Gasteiger partial charge in [-0.3, -0.25) is 5.10 Å². The second kappa shape index (κ2) is 9.06. The Bertz CT molecular complexity index is 827. The molecule has 2 aromatic rings. The third kappa shape index (κ3) is 4.85. The molecule has 1 fully saturated rings. The molecule has 3 rings (SSSR count). The normalized spacial score (nSPS) is 26.8. The van der Waals surface area contributed by atoms with Crippen LogP contribution in [0.1, 0.15) is 57.3 Å². The van der Waals surface area contributed by atoms with Crippen LogP contribution in [0.25, 0.3) is 16.2 Å². The number of aliphatic hydroxyl groups excluding tert-OH is 1. The summed E-state index contributed by atoms with van der Waals surface area (Å²) in [5, 5.41) is 27.1. The summed E-state index contributed by atoms with van der Waals surface area (Å²) in [6, 6.07) is 6.99. The average Bonchev–Trinajstić information content (AvgIpc) is 3.13. The number of aryl methyl sites for hydroxylation is 1. The third-order valence-corrected chi connectivity index (χ3v) is 6.57. The van der Waals surface area contributed by atoms with Gasteiger partial charge in [-0.25, -0.2) is 11.6 Å². The molecule has 1 heterocycles. The first kappa shape index (κ1) is 21.5. The number of hydrogen-bond donors (Lipinski definition) is 3. The van der Waals surface area contributed by atoms with E-state index in [9.17, 15) is 10.2 Å². The number of hydrogen-bond acceptors (Lipinski definition) is 4. The molecular weight excluding hydrogens is 364 g/mol. The maximum atomic E-state index is 9.88. The van der Waals surface area contributed by atoms with E-state index in [1.54, 1.807) is 0 Å². The van der Waals surface area contributed by atoms with Gasteiger partial charge in [0.25, 0.3) is 6.04 Å². The standard InChI is InChI=1S/C23H32N4O2/c1-13-6-8-17(9-7-13)21-25-22(27-26-21)19(20(24-5)23(28)29)12-18-15(3)10-14(2)11-16(18)4/h6-9,14-16,18-20,23,28-29H,10-12H2,1-4H3,(H,25,26,27). The van der Waals surface area contributed by atoms with Crippen LogP contribution in [0.15, 0.2) is 24.3 Å². The van der Waals surface area contributed by atoms with Crippen LogP contribution < -0.4 is 0 Å². The van der Waals surface area contributed by atoms with E-state index in [4.69, 9.17) is 6.57 Å². The number of benzene rings is 1. The monoisotopic (exact) mass is 396 g/mol. The summed E-state index contributed by atoms with van der Waals surface area (Å²) < 4.78 is 0. The summed E-state index contributed by atoms with van der Waals surface area (Å²) in [5.41, 5.74) is 2.06. The van der Waals surface area contributed by atoms with Gasteiger partial charge in [-0.15, -0.1) is 0 Å². The first-order valence-electron chi connectivity index (χ1n) is 10.5. The molecule has 6 heteroatoms. The fourth-order valence-corrected chi connectivity index (χ4v) is 5.08. The highest BCUT2D eigenvalue weighted by Gasteiger charge is 2.41. The van der Waals surface area contributed by atoms with Gasteiger partial charge < -0.3 is 15.1 Å². The van der Waals surface area contributed by atoms with E-state index in [1.165, 1.54) is 0 Å². The van der Waals surface area contributed by atoms with Gasteiger partial charge in [0.2, 0.25) is 6.29 Å². The predicted octanol–water partition coefficient (Wildman–Crippen LogP) is 4.17. The number of aromatic amines is 1. The zero-order valence-corrected chi connectivity index (χ0v) is 17.7. The highest BCUT2D eigenvalue weighted by Crippen LogP contribution is 2.43. The van der Waals surface area contributed by atoms with Crippen molar-refractivity contribution in [2.24, 2.45) is 23.7 Å². The molecule has 6 nitrogen and oxygen atoms in total. The maximum absolute atomic E-state index is 9.88. The van der Waals surface area contributed by atoms with E-state index in [2.05, 4.69) is 40.8 Å². The van der Waals surface area contributed by atoms with Crippen LogP contribution in [-0.4, -0.2) is 37.7 Å². The van der Waals surface area contributed by atoms with Crippen molar-refractivity contribution >= 4 is 0 Å². The van der Waals surface area contributed by atoms with Gasteiger partial charge in [0.1, 0.15) is 5.82 Å². The molecule has 0 saturated heterocycles. The van der Waals surface area contributed by atoms with Gasteiger partial charge in [-0.05, 0) is 49.9 Å². The van der Waals surface area contributed by atoms with Gasteiger partial charge in [0.05, 0.1) is 5.92 Å². The minimum absolute atomic E-state index is 0.400. The summed E-state index contributed by atoms with van der Waals surface area (Å²) in [6.45, 7) is 16.4. The van der Waals surface area contributed by atoms with E-state index < -0.39 is 18.2 Å². The van der Waals surface area contributed by atoms with Crippen molar-refractivity contribution < 1.29 is 10.2 Å². The molecule has 1 aliphatic carbocycles. The molecule has 156 valence electrons. The lowest BCUT2D eigenvalue weighted by molar-refractivity contribution is -0.0582. The number of nitrogens with zero attached hydrogens (tertiary/aromatic N) is 3. The molecule has 29 heavy (non-hydrogen) atoms.